The van der Waals surface area contributed by atoms with Crippen molar-refractivity contribution in [2.24, 2.45) is 0 Å². The summed E-state index contributed by atoms with van der Waals surface area (Å²) in [4.78, 5) is 24.4. The zero-order chi connectivity index (χ0) is 19.1. The lowest BCUT2D eigenvalue weighted by Gasteiger charge is -2.23. The largest absolute Gasteiger partial charge is 0.497 e. The number of nitrogens with one attached hydrogen (secondary N) is 2. The number of aryl methyl sites for hydroxylation is 1. The standard InChI is InChI=1S/C20H18N2O5/c1-10-14-9-13(25-3)5-7-16(14)27-18(10)20(24)21-12-4-6-17-15(8-12)22-19(23)11(2)26-17/h4-9,11H,1-3H3,(H,21,24)(H,22,23). The number of fused-ring (bicyclic) bond motifs is 2. The van der Waals surface area contributed by atoms with Gasteiger partial charge in [-0.15, -0.1) is 0 Å². The first-order valence-electron chi connectivity index (χ1n) is 8.46. The number of ether oxygens (including phenoxy) is 2. The number of hydrogen-bond donors (Lipinski definition) is 2. The van der Waals surface area contributed by atoms with Crippen LogP contribution in [0.15, 0.2) is 40.8 Å². The number of hydrogen-bond acceptors (Lipinski definition) is 5. The van der Waals surface area contributed by atoms with E-state index >= 15 is 0 Å². The van der Waals surface area contributed by atoms with E-state index in [0.29, 0.717) is 28.5 Å². The van der Waals surface area contributed by atoms with Gasteiger partial charge in [0, 0.05) is 16.6 Å². The fraction of sp³-hybridized carbons (Fsp3) is 0.200. The van der Waals surface area contributed by atoms with Gasteiger partial charge in [0.05, 0.1) is 12.8 Å². The first-order chi connectivity index (χ1) is 13.0. The van der Waals surface area contributed by atoms with Crippen LogP contribution in [-0.2, 0) is 4.79 Å². The summed E-state index contributed by atoms with van der Waals surface area (Å²) in [6.45, 7) is 3.50. The highest BCUT2D eigenvalue weighted by Gasteiger charge is 2.24. The van der Waals surface area contributed by atoms with E-state index in [9.17, 15) is 9.59 Å². The van der Waals surface area contributed by atoms with Crippen LogP contribution in [-0.4, -0.2) is 25.0 Å². The van der Waals surface area contributed by atoms with Gasteiger partial charge in [-0.1, -0.05) is 0 Å². The molecule has 1 unspecified atom stereocenters. The predicted molar refractivity (Wildman–Crippen MR) is 101 cm³/mol. The maximum atomic E-state index is 12.7. The van der Waals surface area contributed by atoms with Crippen LogP contribution in [0, 0.1) is 6.92 Å². The van der Waals surface area contributed by atoms with Crippen molar-refractivity contribution in [3.05, 3.63) is 47.7 Å². The molecule has 2 amide bonds. The van der Waals surface area contributed by atoms with E-state index in [0.717, 1.165) is 10.9 Å². The monoisotopic (exact) mass is 366 g/mol. The Hall–Kier alpha value is -3.48. The minimum absolute atomic E-state index is 0.227. The van der Waals surface area contributed by atoms with Crippen LogP contribution in [0.25, 0.3) is 11.0 Å². The molecule has 0 aliphatic carbocycles. The molecule has 7 nitrogen and oxygen atoms in total. The van der Waals surface area contributed by atoms with Crippen molar-refractivity contribution in [3.63, 3.8) is 0 Å². The molecule has 0 bridgehead atoms. The predicted octanol–water partition coefficient (Wildman–Crippen LogP) is 3.72. The third-order valence-electron chi connectivity index (χ3n) is 4.52. The quantitative estimate of drug-likeness (QED) is 0.737. The molecule has 2 N–H and O–H groups in total. The smallest absolute Gasteiger partial charge is 0.291 e. The number of carbonyl (C=O) groups excluding carboxylic acids is 2. The van der Waals surface area contributed by atoms with Gasteiger partial charge in [0.1, 0.15) is 17.1 Å². The number of amides is 2. The summed E-state index contributed by atoms with van der Waals surface area (Å²) >= 11 is 0. The molecule has 2 heterocycles. The Morgan fingerprint density at radius 3 is 2.81 bits per heavy atom. The van der Waals surface area contributed by atoms with Gasteiger partial charge < -0.3 is 24.5 Å². The molecule has 0 saturated heterocycles. The van der Waals surface area contributed by atoms with E-state index in [1.807, 2.05) is 13.0 Å². The van der Waals surface area contributed by atoms with Crippen LogP contribution in [0.3, 0.4) is 0 Å². The third-order valence-corrected chi connectivity index (χ3v) is 4.52. The molecule has 0 saturated carbocycles. The van der Waals surface area contributed by atoms with Crippen molar-refractivity contribution in [3.8, 4) is 11.5 Å². The second kappa shape index (κ2) is 6.35. The van der Waals surface area contributed by atoms with Crippen LogP contribution in [0.4, 0.5) is 11.4 Å². The SMILES string of the molecule is COc1ccc2oc(C(=O)Nc3ccc4c(c3)NC(=O)C(C)O4)c(C)c2c1. The molecule has 2 aromatic carbocycles. The molecule has 1 atom stereocenters. The van der Waals surface area contributed by atoms with E-state index < -0.39 is 6.10 Å². The van der Waals surface area contributed by atoms with Crippen molar-refractivity contribution in [1.82, 2.24) is 0 Å². The summed E-state index contributed by atoms with van der Waals surface area (Å²) in [6, 6.07) is 10.4. The number of carbonyl (C=O) groups is 2. The fourth-order valence-electron chi connectivity index (χ4n) is 3.02. The van der Waals surface area contributed by atoms with Crippen LogP contribution >= 0.6 is 0 Å². The first-order valence-corrected chi connectivity index (χ1v) is 8.46. The Labute approximate surface area is 155 Å². The molecule has 7 heteroatoms. The highest BCUT2D eigenvalue weighted by molar-refractivity contribution is 6.07. The molecule has 1 aliphatic heterocycles. The van der Waals surface area contributed by atoms with E-state index in [4.69, 9.17) is 13.9 Å². The Morgan fingerprint density at radius 2 is 2.04 bits per heavy atom. The lowest BCUT2D eigenvalue weighted by molar-refractivity contribution is -0.122. The van der Waals surface area contributed by atoms with Gasteiger partial charge in [0.25, 0.3) is 11.8 Å². The lowest BCUT2D eigenvalue weighted by atomic mass is 10.1. The summed E-state index contributed by atoms with van der Waals surface area (Å²) in [5.74, 6) is 0.877. The zero-order valence-corrected chi connectivity index (χ0v) is 15.1. The van der Waals surface area contributed by atoms with E-state index in [1.165, 1.54) is 0 Å². The molecule has 138 valence electrons. The van der Waals surface area contributed by atoms with Crippen molar-refractivity contribution in [1.29, 1.82) is 0 Å². The van der Waals surface area contributed by atoms with Gasteiger partial charge in [-0.05, 0) is 50.2 Å². The van der Waals surface area contributed by atoms with E-state index in [2.05, 4.69) is 10.6 Å². The highest BCUT2D eigenvalue weighted by Crippen LogP contribution is 2.33. The van der Waals surface area contributed by atoms with E-state index in [-0.39, 0.29) is 17.6 Å². The minimum atomic E-state index is -0.548. The van der Waals surface area contributed by atoms with Gasteiger partial charge in [-0.25, -0.2) is 0 Å². The van der Waals surface area contributed by atoms with E-state index in [1.54, 1.807) is 44.4 Å². The number of benzene rings is 2. The number of rotatable bonds is 3. The molecular weight excluding hydrogens is 348 g/mol. The fourth-order valence-corrected chi connectivity index (χ4v) is 3.02. The third kappa shape index (κ3) is 2.97. The average Bonchev–Trinajstić information content (AvgIpc) is 2.99. The second-order valence-electron chi connectivity index (χ2n) is 6.33. The van der Waals surface area contributed by atoms with Crippen LogP contribution in [0.5, 0.6) is 11.5 Å². The Morgan fingerprint density at radius 1 is 1.22 bits per heavy atom. The van der Waals surface area contributed by atoms with Gasteiger partial charge in [-0.2, -0.15) is 0 Å². The van der Waals surface area contributed by atoms with Crippen molar-refractivity contribution in [2.45, 2.75) is 20.0 Å². The molecule has 0 fully saturated rings. The highest BCUT2D eigenvalue weighted by atomic mass is 16.5. The molecule has 0 radical (unpaired) electrons. The van der Waals surface area contributed by atoms with Crippen LogP contribution < -0.4 is 20.1 Å². The average molecular weight is 366 g/mol. The number of anilines is 2. The van der Waals surface area contributed by atoms with Gasteiger partial charge in [0.15, 0.2) is 11.9 Å². The van der Waals surface area contributed by atoms with Gasteiger partial charge >= 0.3 is 0 Å². The summed E-state index contributed by atoms with van der Waals surface area (Å²) in [6.07, 6.45) is -0.548. The maximum Gasteiger partial charge on any atom is 0.291 e. The molecule has 4 rings (SSSR count). The lowest BCUT2D eigenvalue weighted by Crippen LogP contribution is -2.34. The minimum Gasteiger partial charge on any atom is -0.497 e. The normalized spacial score (nSPS) is 15.7. The van der Waals surface area contributed by atoms with Crippen LogP contribution in [0.2, 0.25) is 0 Å². The first kappa shape index (κ1) is 17.0. The molecular formula is C20H18N2O5. The Balaban J connectivity index is 1.61. The Kier molecular flexibility index (Phi) is 3.99. The molecule has 1 aliphatic rings. The van der Waals surface area contributed by atoms with Gasteiger partial charge in [-0.3, -0.25) is 9.59 Å². The molecule has 3 aromatic rings. The summed E-state index contributed by atoms with van der Waals surface area (Å²) in [5.41, 5.74) is 2.37. The maximum absolute atomic E-state index is 12.7. The second-order valence-corrected chi connectivity index (χ2v) is 6.33. The Bertz CT molecular complexity index is 1070. The van der Waals surface area contributed by atoms with Crippen molar-refractivity contribution in [2.75, 3.05) is 17.7 Å². The molecule has 1 aromatic heterocycles. The topological polar surface area (TPSA) is 89.8 Å². The van der Waals surface area contributed by atoms with Gasteiger partial charge in [0.2, 0.25) is 0 Å². The van der Waals surface area contributed by atoms with Crippen LogP contribution in [0.1, 0.15) is 23.0 Å². The van der Waals surface area contributed by atoms with Crippen molar-refractivity contribution < 1.29 is 23.5 Å². The number of furan rings is 1. The summed E-state index contributed by atoms with van der Waals surface area (Å²) in [5, 5.41) is 6.37. The summed E-state index contributed by atoms with van der Waals surface area (Å²) < 4.78 is 16.5. The molecule has 0 spiro atoms. The van der Waals surface area contributed by atoms with Crippen molar-refractivity contribution >= 4 is 34.2 Å². The number of methoxy groups -OCH3 is 1. The molecule has 27 heavy (non-hydrogen) atoms. The summed E-state index contributed by atoms with van der Waals surface area (Å²) in [7, 11) is 1.59. The zero-order valence-electron chi connectivity index (χ0n) is 15.1.